The van der Waals surface area contributed by atoms with Crippen molar-refractivity contribution in [1.82, 2.24) is 25.3 Å². The number of ether oxygens (including phenoxy) is 1. The summed E-state index contributed by atoms with van der Waals surface area (Å²) < 4.78 is 7.48. The second-order valence-corrected chi connectivity index (χ2v) is 7.43. The Morgan fingerprint density at radius 1 is 1.33 bits per heavy atom. The molecule has 0 radical (unpaired) electrons. The molecule has 1 atom stereocenters. The summed E-state index contributed by atoms with van der Waals surface area (Å²) in [5, 5.41) is 13.2. The van der Waals surface area contributed by atoms with E-state index in [-0.39, 0.29) is 0 Å². The van der Waals surface area contributed by atoms with E-state index in [4.69, 9.17) is 9.73 Å². The topological polar surface area (TPSA) is 66.7 Å². The van der Waals surface area contributed by atoms with E-state index < -0.39 is 0 Å². The molecule has 7 nitrogen and oxygen atoms in total. The van der Waals surface area contributed by atoms with Gasteiger partial charge in [0.2, 0.25) is 0 Å². The normalized spacial score (nSPS) is 17.0. The molecule has 1 aliphatic rings. The van der Waals surface area contributed by atoms with Crippen molar-refractivity contribution in [2.24, 2.45) is 4.99 Å². The number of aryl methyl sites for hydroxylation is 1. The van der Waals surface area contributed by atoms with Crippen LogP contribution in [0.25, 0.3) is 0 Å². The van der Waals surface area contributed by atoms with Gasteiger partial charge in [-0.25, -0.2) is 0 Å². The summed E-state index contributed by atoms with van der Waals surface area (Å²) >= 11 is 1.81. The first kappa shape index (κ1) is 19.9. The van der Waals surface area contributed by atoms with Gasteiger partial charge in [0.05, 0.1) is 25.8 Å². The fourth-order valence-electron chi connectivity index (χ4n) is 3.16. The van der Waals surface area contributed by atoms with Crippen molar-refractivity contribution in [3.8, 4) is 0 Å². The fraction of sp³-hybridized carbons (Fsp3) is 0.579. The van der Waals surface area contributed by atoms with Crippen molar-refractivity contribution in [2.45, 2.75) is 25.9 Å². The zero-order valence-corrected chi connectivity index (χ0v) is 16.8. The molecule has 1 saturated heterocycles. The molecule has 0 aromatic carbocycles. The summed E-state index contributed by atoms with van der Waals surface area (Å²) in [5.74, 6) is 0.882. The Labute approximate surface area is 165 Å². The van der Waals surface area contributed by atoms with Crippen LogP contribution in [0, 0.1) is 0 Å². The van der Waals surface area contributed by atoms with Crippen molar-refractivity contribution in [1.29, 1.82) is 0 Å². The average molecular weight is 391 g/mol. The molecule has 1 fully saturated rings. The molecule has 0 amide bonds. The van der Waals surface area contributed by atoms with Gasteiger partial charge in [0.1, 0.15) is 0 Å². The second-order valence-electron chi connectivity index (χ2n) is 6.45. The van der Waals surface area contributed by atoms with Crippen LogP contribution in [0.3, 0.4) is 0 Å². The lowest BCUT2D eigenvalue weighted by molar-refractivity contribution is 0.0186. The van der Waals surface area contributed by atoms with Crippen LogP contribution in [0.15, 0.2) is 41.0 Å². The quantitative estimate of drug-likeness (QED) is 0.389. The van der Waals surface area contributed by atoms with Gasteiger partial charge in [-0.05, 0) is 30.9 Å². The number of hydrogen-bond donors (Lipinski definition) is 2. The highest BCUT2D eigenvalue weighted by atomic mass is 32.1. The molecule has 8 heteroatoms. The predicted molar refractivity (Wildman–Crippen MR) is 110 cm³/mol. The number of rotatable bonds is 9. The third-order valence-corrected chi connectivity index (χ3v) is 5.51. The van der Waals surface area contributed by atoms with Gasteiger partial charge in [-0.3, -0.25) is 14.6 Å². The molecule has 3 rings (SSSR count). The fourth-order valence-corrected chi connectivity index (χ4v) is 4.01. The maximum Gasteiger partial charge on any atom is 0.191 e. The van der Waals surface area contributed by atoms with Crippen LogP contribution >= 0.6 is 11.3 Å². The monoisotopic (exact) mass is 390 g/mol. The Hall–Kier alpha value is -1.90. The number of nitrogens with zero attached hydrogens (tertiary/aromatic N) is 4. The average Bonchev–Trinajstić information content (AvgIpc) is 3.40. The first-order valence-electron chi connectivity index (χ1n) is 9.71. The van der Waals surface area contributed by atoms with Gasteiger partial charge in [0.15, 0.2) is 5.96 Å². The summed E-state index contributed by atoms with van der Waals surface area (Å²) in [6, 6.07) is 6.60. The molecule has 0 aliphatic carbocycles. The third kappa shape index (κ3) is 6.34. The van der Waals surface area contributed by atoms with E-state index in [9.17, 15) is 0 Å². The van der Waals surface area contributed by atoms with E-state index in [0.29, 0.717) is 6.04 Å². The van der Waals surface area contributed by atoms with Crippen LogP contribution in [-0.2, 0) is 11.3 Å². The Morgan fingerprint density at radius 3 is 2.93 bits per heavy atom. The highest BCUT2D eigenvalue weighted by Gasteiger charge is 2.23. The highest BCUT2D eigenvalue weighted by molar-refractivity contribution is 7.10. The van der Waals surface area contributed by atoms with E-state index in [1.807, 2.05) is 34.5 Å². The molecule has 0 saturated carbocycles. The van der Waals surface area contributed by atoms with E-state index in [2.05, 4.69) is 45.1 Å². The minimum absolute atomic E-state index is 0.313. The number of aliphatic imine (C=N–C) groups is 1. The molecule has 1 unspecified atom stereocenters. The van der Waals surface area contributed by atoms with E-state index in [1.54, 1.807) is 0 Å². The van der Waals surface area contributed by atoms with Crippen LogP contribution in [0.4, 0.5) is 0 Å². The largest absolute Gasteiger partial charge is 0.379 e. The van der Waals surface area contributed by atoms with Crippen LogP contribution in [0.1, 0.15) is 24.3 Å². The lowest BCUT2D eigenvalue weighted by Crippen LogP contribution is -2.41. The van der Waals surface area contributed by atoms with Crippen molar-refractivity contribution in [3.05, 3.63) is 40.8 Å². The van der Waals surface area contributed by atoms with Gasteiger partial charge in [0, 0.05) is 50.0 Å². The van der Waals surface area contributed by atoms with Gasteiger partial charge in [-0.15, -0.1) is 11.3 Å². The maximum absolute atomic E-state index is 5.52. The highest BCUT2D eigenvalue weighted by Crippen LogP contribution is 2.26. The van der Waals surface area contributed by atoms with E-state index >= 15 is 0 Å². The van der Waals surface area contributed by atoms with E-state index in [1.165, 1.54) is 4.88 Å². The predicted octanol–water partition coefficient (Wildman–Crippen LogP) is 1.96. The standard InChI is InChI=1S/C19H30N6OS/c1-2-20-19(21-7-4-9-25-10-5-8-23-25)22-16-17(18-6-3-15-27-18)24-11-13-26-14-12-24/h3,5-6,8,10,15,17H,2,4,7,9,11-14,16H2,1H3,(H2,20,21,22). The van der Waals surface area contributed by atoms with Crippen LogP contribution in [-0.4, -0.2) is 66.6 Å². The summed E-state index contributed by atoms with van der Waals surface area (Å²) in [5.41, 5.74) is 0. The summed E-state index contributed by atoms with van der Waals surface area (Å²) in [6.45, 7) is 9.01. The summed E-state index contributed by atoms with van der Waals surface area (Å²) in [7, 11) is 0. The van der Waals surface area contributed by atoms with Gasteiger partial charge in [0.25, 0.3) is 0 Å². The van der Waals surface area contributed by atoms with Crippen molar-refractivity contribution in [2.75, 3.05) is 45.9 Å². The SMILES string of the molecule is CCNC(=NCC(c1cccs1)N1CCOCC1)NCCCn1cccn1. The molecule has 148 valence electrons. The Balaban J connectivity index is 1.55. The molecule has 3 heterocycles. The first-order chi connectivity index (χ1) is 13.4. The van der Waals surface area contributed by atoms with Crippen molar-refractivity contribution >= 4 is 17.3 Å². The van der Waals surface area contributed by atoms with Crippen molar-refractivity contribution in [3.63, 3.8) is 0 Å². The smallest absolute Gasteiger partial charge is 0.191 e. The van der Waals surface area contributed by atoms with Gasteiger partial charge < -0.3 is 15.4 Å². The minimum atomic E-state index is 0.313. The Morgan fingerprint density at radius 2 is 2.22 bits per heavy atom. The number of morpholine rings is 1. The molecule has 1 aliphatic heterocycles. The number of aromatic nitrogens is 2. The molecule has 0 bridgehead atoms. The lowest BCUT2D eigenvalue weighted by Gasteiger charge is -2.33. The van der Waals surface area contributed by atoms with Gasteiger partial charge in [-0.2, -0.15) is 5.10 Å². The minimum Gasteiger partial charge on any atom is -0.379 e. The molecular formula is C19H30N6OS. The molecule has 0 spiro atoms. The molecule has 27 heavy (non-hydrogen) atoms. The first-order valence-corrected chi connectivity index (χ1v) is 10.6. The number of thiophene rings is 1. The molecule has 2 N–H and O–H groups in total. The van der Waals surface area contributed by atoms with Crippen LogP contribution in [0.2, 0.25) is 0 Å². The number of nitrogens with one attached hydrogen (secondary N) is 2. The zero-order valence-electron chi connectivity index (χ0n) is 16.0. The van der Waals surface area contributed by atoms with Gasteiger partial charge >= 0.3 is 0 Å². The third-order valence-electron chi connectivity index (χ3n) is 4.54. The molecule has 2 aromatic heterocycles. The summed E-state index contributed by atoms with van der Waals surface area (Å²) in [4.78, 5) is 8.73. The Bertz CT molecular complexity index is 652. The van der Waals surface area contributed by atoms with E-state index in [0.717, 1.165) is 64.9 Å². The lowest BCUT2D eigenvalue weighted by atomic mass is 10.2. The number of guanidine groups is 1. The van der Waals surface area contributed by atoms with Crippen LogP contribution < -0.4 is 10.6 Å². The second kappa shape index (κ2) is 11.1. The van der Waals surface area contributed by atoms with Gasteiger partial charge in [-0.1, -0.05) is 6.07 Å². The zero-order chi connectivity index (χ0) is 18.7. The summed E-state index contributed by atoms with van der Waals surface area (Å²) in [6.07, 6.45) is 4.81. The Kier molecular flexibility index (Phi) is 8.13. The molecular weight excluding hydrogens is 360 g/mol. The van der Waals surface area contributed by atoms with Crippen LogP contribution in [0.5, 0.6) is 0 Å². The molecule has 2 aromatic rings. The maximum atomic E-state index is 5.52. The van der Waals surface area contributed by atoms with Crippen molar-refractivity contribution < 1.29 is 4.74 Å². The number of hydrogen-bond acceptors (Lipinski definition) is 5.